The van der Waals surface area contributed by atoms with Crippen LogP contribution in [-0.2, 0) is 9.59 Å². The Labute approximate surface area is 115 Å². The Kier molecular flexibility index (Phi) is 4.93. The summed E-state index contributed by atoms with van der Waals surface area (Å²) in [5.74, 6) is -0.810. The number of carbonyl (C=O) groups is 2. The molecule has 0 aliphatic carbocycles. The summed E-state index contributed by atoms with van der Waals surface area (Å²) in [6, 6.07) is 2.31. The zero-order chi connectivity index (χ0) is 14.6. The maximum atomic E-state index is 11.9. The second-order valence-electron chi connectivity index (χ2n) is 5.98. The lowest BCUT2D eigenvalue weighted by atomic mass is 9.90. The Morgan fingerprint density at radius 3 is 2.42 bits per heavy atom. The lowest BCUT2D eigenvalue weighted by molar-refractivity contribution is -0.157. The largest absolute Gasteiger partial charge is 0.333 e. The zero-order valence-electron chi connectivity index (χ0n) is 12.3. The first-order valence-electron chi connectivity index (χ1n) is 6.79. The molecule has 1 heterocycles. The summed E-state index contributed by atoms with van der Waals surface area (Å²) in [7, 11) is 0. The molecule has 19 heavy (non-hydrogen) atoms. The first-order valence-corrected chi connectivity index (χ1v) is 6.79. The average molecular weight is 265 g/mol. The second kappa shape index (κ2) is 6.05. The minimum Gasteiger partial charge on any atom is -0.333 e. The quantitative estimate of drug-likeness (QED) is 0.706. The van der Waals surface area contributed by atoms with E-state index in [-0.39, 0.29) is 11.5 Å². The third kappa shape index (κ3) is 3.95. The maximum absolute atomic E-state index is 11.9. The molecule has 0 saturated carbocycles. The Bertz CT molecular complexity index is 396. The van der Waals surface area contributed by atoms with Gasteiger partial charge in [0.05, 0.1) is 11.5 Å². The normalized spacial score (nSPS) is 17.1. The van der Waals surface area contributed by atoms with E-state index in [2.05, 4.69) is 6.07 Å². The van der Waals surface area contributed by atoms with Gasteiger partial charge in [0.25, 0.3) is 0 Å². The van der Waals surface area contributed by atoms with Gasteiger partial charge in [-0.15, -0.1) is 0 Å². The van der Waals surface area contributed by atoms with Gasteiger partial charge in [0, 0.05) is 25.7 Å². The molecule has 106 valence electrons. The molecule has 0 radical (unpaired) electrons. The molecule has 0 spiro atoms. The molecule has 0 atom stereocenters. The van der Waals surface area contributed by atoms with Crippen molar-refractivity contribution >= 4 is 11.8 Å². The van der Waals surface area contributed by atoms with E-state index in [9.17, 15) is 9.59 Å². The molecule has 1 saturated heterocycles. The number of hydrogen-bond donors (Lipinski definition) is 0. The smallest absolute Gasteiger partial charge is 0.312 e. The fraction of sp³-hybridized carbons (Fsp3) is 0.786. The minimum atomic E-state index is -0.408. The van der Waals surface area contributed by atoms with Crippen molar-refractivity contribution in [1.29, 1.82) is 5.26 Å². The highest BCUT2D eigenvalue weighted by molar-refractivity contribution is 6.35. The number of nitrogens with zero attached hydrogens (tertiary/aromatic N) is 3. The van der Waals surface area contributed by atoms with Gasteiger partial charge in [-0.1, -0.05) is 0 Å². The van der Waals surface area contributed by atoms with Crippen molar-refractivity contribution < 1.29 is 9.59 Å². The van der Waals surface area contributed by atoms with Crippen LogP contribution in [0.3, 0.4) is 0 Å². The first kappa shape index (κ1) is 15.5. The van der Waals surface area contributed by atoms with Gasteiger partial charge < -0.3 is 9.80 Å². The summed E-state index contributed by atoms with van der Waals surface area (Å²) in [5, 5.41) is 8.93. The lowest BCUT2D eigenvalue weighted by Crippen LogP contribution is -2.56. The van der Waals surface area contributed by atoms with Crippen molar-refractivity contribution in [2.75, 3.05) is 19.6 Å². The van der Waals surface area contributed by atoms with E-state index in [0.717, 1.165) is 12.8 Å². The number of rotatable bonds is 5. The molecule has 1 fully saturated rings. The van der Waals surface area contributed by atoms with Crippen molar-refractivity contribution in [2.45, 2.75) is 46.6 Å². The topological polar surface area (TPSA) is 64.4 Å². The van der Waals surface area contributed by atoms with Gasteiger partial charge in [0.1, 0.15) is 0 Å². The van der Waals surface area contributed by atoms with Gasteiger partial charge in [0.15, 0.2) is 0 Å². The molecule has 0 unspecified atom stereocenters. The van der Waals surface area contributed by atoms with Gasteiger partial charge in [-0.05, 0) is 40.5 Å². The van der Waals surface area contributed by atoms with Crippen molar-refractivity contribution in [2.24, 2.45) is 5.41 Å². The van der Waals surface area contributed by atoms with Crippen molar-refractivity contribution in [3.63, 3.8) is 0 Å². The van der Waals surface area contributed by atoms with Crippen LogP contribution >= 0.6 is 0 Å². The van der Waals surface area contributed by atoms with Crippen LogP contribution in [0.5, 0.6) is 0 Å². The molecule has 0 N–H and O–H groups in total. The summed E-state index contributed by atoms with van der Waals surface area (Å²) in [5.41, 5.74) is -0.368. The van der Waals surface area contributed by atoms with E-state index in [1.54, 1.807) is 9.80 Å². The van der Waals surface area contributed by atoms with E-state index in [0.29, 0.717) is 19.6 Å². The highest BCUT2D eigenvalue weighted by Crippen LogP contribution is 2.21. The molecule has 0 aromatic rings. The zero-order valence-corrected chi connectivity index (χ0v) is 12.3. The molecule has 1 aliphatic heterocycles. The Balaban J connectivity index is 2.48. The SMILES string of the molecule is CC(C)N1CCN(CCCC(C)(C)C#N)C(=O)C1=O. The van der Waals surface area contributed by atoms with Crippen molar-refractivity contribution in [3.05, 3.63) is 0 Å². The number of piperazine rings is 1. The van der Waals surface area contributed by atoms with Gasteiger partial charge in [-0.3, -0.25) is 9.59 Å². The van der Waals surface area contributed by atoms with Crippen molar-refractivity contribution in [1.82, 2.24) is 9.80 Å². The van der Waals surface area contributed by atoms with E-state index < -0.39 is 11.8 Å². The summed E-state index contributed by atoms with van der Waals surface area (Å²) in [6.07, 6.45) is 1.48. The fourth-order valence-corrected chi connectivity index (χ4v) is 2.16. The van der Waals surface area contributed by atoms with Crippen LogP contribution in [0.1, 0.15) is 40.5 Å². The highest BCUT2D eigenvalue weighted by Gasteiger charge is 2.33. The molecule has 5 nitrogen and oxygen atoms in total. The lowest BCUT2D eigenvalue weighted by Gasteiger charge is -2.36. The monoisotopic (exact) mass is 265 g/mol. The van der Waals surface area contributed by atoms with Crippen LogP contribution in [0.25, 0.3) is 0 Å². The summed E-state index contributed by atoms with van der Waals surface area (Å²) >= 11 is 0. The van der Waals surface area contributed by atoms with Crippen LogP contribution in [0.4, 0.5) is 0 Å². The summed E-state index contributed by atoms with van der Waals surface area (Å²) in [4.78, 5) is 27.0. The second-order valence-corrected chi connectivity index (χ2v) is 5.98. The highest BCUT2D eigenvalue weighted by atomic mass is 16.2. The molecule has 2 amide bonds. The Morgan fingerprint density at radius 1 is 1.26 bits per heavy atom. The Morgan fingerprint density at radius 2 is 1.89 bits per heavy atom. The van der Waals surface area contributed by atoms with E-state index in [1.807, 2.05) is 27.7 Å². The number of hydrogen-bond acceptors (Lipinski definition) is 3. The van der Waals surface area contributed by atoms with Gasteiger partial charge in [-0.25, -0.2) is 0 Å². The molecular formula is C14H23N3O2. The van der Waals surface area contributed by atoms with E-state index in [1.165, 1.54) is 0 Å². The van der Waals surface area contributed by atoms with Crippen LogP contribution in [0.15, 0.2) is 0 Å². The predicted octanol–water partition coefficient (Wildman–Crippen LogP) is 1.40. The first-order chi connectivity index (χ1) is 8.78. The number of carbonyl (C=O) groups excluding carboxylic acids is 2. The molecule has 0 bridgehead atoms. The predicted molar refractivity (Wildman–Crippen MR) is 72.1 cm³/mol. The van der Waals surface area contributed by atoms with E-state index in [4.69, 9.17) is 5.26 Å². The third-order valence-corrected chi connectivity index (χ3v) is 3.50. The summed E-state index contributed by atoms with van der Waals surface area (Å²) < 4.78 is 0. The standard InChI is InChI=1S/C14H23N3O2/c1-11(2)17-9-8-16(12(18)13(17)19)7-5-6-14(3,4)10-15/h11H,5-9H2,1-4H3. The molecular weight excluding hydrogens is 242 g/mol. The van der Waals surface area contributed by atoms with Crippen LogP contribution in [0, 0.1) is 16.7 Å². The average Bonchev–Trinajstić information content (AvgIpc) is 2.34. The summed E-state index contributed by atoms with van der Waals surface area (Å²) in [6.45, 7) is 9.35. The molecule has 1 rings (SSSR count). The van der Waals surface area contributed by atoms with Crippen LogP contribution in [-0.4, -0.2) is 47.3 Å². The Hall–Kier alpha value is -1.57. The van der Waals surface area contributed by atoms with Gasteiger partial charge in [0.2, 0.25) is 0 Å². The van der Waals surface area contributed by atoms with Crippen LogP contribution in [0.2, 0.25) is 0 Å². The van der Waals surface area contributed by atoms with Crippen LogP contribution < -0.4 is 0 Å². The molecule has 0 aromatic heterocycles. The van der Waals surface area contributed by atoms with Crippen molar-refractivity contribution in [3.8, 4) is 6.07 Å². The number of nitriles is 1. The van der Waals surface area contributed by atoms with Gasteiger partial charge in [-0.2, -0.15) is 5.26 Å². The third-order valence-electron chi connectivity index (χ3n) is 3.50. The maximum Gasteiger partial charge on any atom is 0.312 e. The molecule has 1 aliphatic rings. The van der Waals surface area contributed by atoms with Gasteiger partial charge >= 0.3 is 11.8 Å². The minimum absolute atomic E-state index is 0.0659. The molecule has 0 aromatic carbocycles. The number of amides is 2. The fourth-order valence-electron chi connectivity index (χ4n) is 2.16. The molecule has 5 heteroatoms. The van der Waals surface area contributed by atoms with E-state index >= 15 is 0 Å².